The molecule has 0 saturated carbocycles. The predicted molar refractivity (Wildman–Crippen MR) is 39.3 cm³/mol. The van der Waals surface area contributed by atoms with Crippen molar-refractivity contribution in [1.29, 1.82) is 0 Å². The molecule has 0 spiro atoms. The van der Waals surface area contributed by atoms with Gasteiger partial charge < -0.3 is 14.6 Å². The first kappa shape index (κ1) is 8.68. The molecule has 54 valence electrons. The quantitative estimate of drug-likeness (QED) is 0.568. The van der Waals surface area contributed by atoms with Crippen LogP contribution in [0.15, 0.2) is 12.3 Å². The third-order valence-corrected chi connectivity index (χ3v) is 2.70. The van der Waals surface area contributed by atoms with Gasteiger partial charge in [0.2, 0.25) is 0 Å². The summed E-state index contributed by atoms with van der Waals surface area (Å²) in [7, 11) is 1.94. The zero-order valence-electron chi connectivity index (χ0n) is 5.83. The van der Waals surface area contributed by atoms with Gasteiger partial charge in [-0.05, 0) is 6.20 Å². The van der Waals surface area contributed by atoms with Gasteiger partial charge in [-0.25, -0.2) is 0 Å². The molecule has 0 radical (unpaired) electrons. The second-order valence-electron chi connectivity index (χ2n) is 1.56. The van der Waals surface area contributed by atoms with E-state index in [-0.39, 0.29) is 0 Å². The van der Waals surface area contributed by atoms with Crippen LogP contribution in [-0.4, -0.2) is 23.5 Å². The molecular formula is C5H13NO2Si. The van der Waals surface area contributed by atoms with Crippen LogP contribution in [0, 0.1) is 0 Å². The molecule has 0 aromatic rings. The first-order valence-electron chi connectivity index (χ1n) is 2.77. The van der Waals surface area contributed by atoms with E-state index in [1.54, 1.807) is 14.2 Å². The van der Waals surface area contributed by atoms with Gasteiger partial charge in [-0.1, -0.05) is 6.08 Å². The van der Waals surface area contributed by atoms with Gasteiger partial charge in [0.05, 0.1) is 0 Å². The van der Waals surface area contributed by atoms with Crippen LogP contribution in [0.25, 0.3) is 0 Å². The lowest BCUT2D eigenvalue weighted by atomic mass is 10.7. The minimum atomic E-state index is -1.38. The molecular weight excluding hydrogens is 134 g/mol. The van der Waals surface area contributed by atoms with E-state index in [4.69, 9.17) is 14.6 Å². The van der Waals surface area contributed by atoms with Crippen molar-refractivity contribution >= 4 is 9.28 Å². The lowest BCUT2D eigenvalue weighted by Gasteiger charge is -2.06. The smallest absolute Gasteiger partial charge is 0.324 e. The molecule has 0 atom stereocenters. The molecule has 0 saturated heterocycles. The summed E-state index contributed by atoms with van der Waals surface area (Å²) >= 11 is 0. The SMILES string of the molecule is CO[SiH](CC=CN)OC. The zero-order valence-corrected chi connectivity index (χ0v) is 6.99. The minimum Gasteiger partial charge on any atom is -0.405 e. The summed E-state index contributed by atoms with van der Waals surface area (Å²) in [5.74, 6) is 0. The maximum atomic E-state index is 5.12. The Bertz CT molecular complexity index is 83.0. The van der Waals surface area contributed by atoms with Crippen LogP contribution in [0.3, 0.4) is 0 Å². The van der Waals surface area contributed by atoms with E-state index in [0.717, 1.165) is 6.04 Å². The summed E-state index contributed by atoms with van der Waals surface area (Å²) < 4.78 is 10.0. The lowest BCUT2D eigenvalue weighted by Crippen LogP contribution is -2.17. The van der Waals surface area contributed by atoms with Crippen molar-refractivity contribution in [3.8, 4) is 0 Å². The fourth-order valence-electron chi connectivity index (χ4n) is 0.478. The number of allylic oxidation sites excluding steroid dienone is 1. The first-order valence-corrected chi connectivity index (χ1v) is 4.53. The van der Waals surface area contributed by atoms with Gasteiger partial charge in [0, 0.05) is 20.3 Å². The van der Waals surface area contributed by atoms with E-state index in [1.165, 1.54) is 6.20 Å². The van der Waals surface area contributed by atoms with Crippen molar-refractivity contribution in [2.75, 3.05) is 14.2 Å². The fraction of sp³-hybridized carbons (Fsp3) is 0.600. The lowest BCUT2D eigenvalue weighted by molar-refractivity contribution is 0.281. The molecule has 0 aromatic heterocycles. The van der Waals surface area contributed by atoms with Crippen LogP contribution in [0.1, 0.15) is 0 Å². The molecule has 0 fully saturated rings. The van der Waals surface area contributed by atoms with Gasteiger partial charge >= 0.3 is 9.28 Å². The molecule has 0 heterocycles. The Morgan fingerprint density at radius 3 is 2.33 bits per heavy atom. The molecule has 0 amide bonds. The standard InChI is InChI=1S/C5H13NO2Si/c1-7-9(8-2)5-3-4-6/h3-4,9H,5-6H2,1-2H3. The van der Waals surface area contributed by atoms with Crippen LogP contribution >= 0.6 is 0 Å². The van der Waals surface area contributed by atoms with Gasteiger partial charge in [0.25, 0.3) is 0 Å². The van der Waals surface area contributed by atoms with E-state index in [2.05, 4.69) is 0 Å². The summed E-state index contributed by atoms with van der Waals surface area (Å²) in [6, 6.07) is 0.837. The van der Waals surface area contributed by atoms with E-state index in [1.807, 2.05) is 6.08 Å². The Morgan fingerprint density at radius 2 is 2.00 bits per heavy atom. The molecule has 3 nitrogen and oxygen atoms in total. The molecule has 0 rings (SSSR count). The Balaban J connectivity index is 3.31. The normalized spacial score (nSPS) is 11.4. The Labute approximate surface area is 57.3 Å². The maximum absolute atomic E-state index is 5.12. The summed E-state index contributed by atoms with van der Waals surface area (Å²) in [5, 5.41) is 0. The average Bonchev–Trinajstić information content (AvgIpc) is 1.91. The van der Waals surface area contributed by atoms with E-state index in [0.29, 0.717) is 0 Å². The highest BCUT2D eigenvalue weighted by atomic mass is 28.3. The Kier molecular flexibility index (Phi) is 5.60. The molecule has 0 aliphatic rings. The molecule has 4 heteroatoms. The fourth-order valence-corrected chi connectivity index (χ4v) is 1.44. The first-order chi connectivity index (χ1) is 4.35. The minimum absolute atomic E-state index is 0.837. The molecule has 0 aliphatic heterocycles. The topological polar surface area (TPSA) is 44.5 Å². The largest absolute Gasteiger partial charge is 0.405 e. The van der Waals surface area contributed by atoms with E-state index < -0.39 is 9.28 Å². The number of hydrogen-bond acceptors (Lipinski definition) is 3. The monoisotopic (exact) mass is 147 g/mol. The number of nitrogens with two attached hydrogens (primary N) is 1. The van der Waals surface area contributed by atoms with Crippen molar-refractivity contribution in [3.05, 3.63) is 12.3 Å². The van der Waals surface area contributed by atoms with Crippen LogP contribution in [0.4, 0.5) is 0 Å². The van der Waals surface area contributed by atoms with Crippen molar-refractivity contribution in [3.63, 3.8) is 0 Å². The van der Waals surface area contributed by atoms with Crippen LogP contribution in [-0.2, 0) is 8.85 Å². The van der Waals surface area contributed by atoms with Gasteiger partial charge in [-0.2, -0.15) is 0 Å². The van der Waals surface area contributed by atoms with Crippen LogP contribution in [0.5, 0.6) is 0 Å². The molecule has 2 N–H and O–H groups in total. The molecule has 0 aromatic carbocycles. The van der Waals surface area contributed by atoms with Crippen molar-refractivity contribution in [2.45, 2.75) is 6.04 Å². The van der Waals surface area contributed by atoms with Crippen molar-refractivity contribution in [1.82, 2.24) is 0 Å². The van der Waals surface area contributed by atoms with Gasteiger partial charge in [0.15, 0.2) is 0 Å². The van der Waals surface area contributed by atoms with Crippen molar-refractivity contribution in [2.24, 2.45) is 5.73 Å². The molecule has 0 bridgehead atoms. The van der Waals surface area contributed by atoms with Crippen molar-refractivity contribution < 1.29 is 8.85 Å². The second-order valence-corrected chi connectivity index (χ2v) is 3.84. The summed E-state index contributed by atoms with van der Waals surface area (Å²) in [6.07, 6.45) is 3.36. The summed E-state index contributed by atoms with van der Waals surface area (Å²) in [4.78, 5) is 0. The Hall–Kier alpha value is -0.323. The average molecular weight is 147 g/mol. The van der Waals surface area contributed by atoms with Crippen LogP contribution in [0.2, 0.25) is 6.04 Å². The van der Waals surface area contributed by atoms with E-state index in [9.17, 15) is 0 Å². The summed E-state index contributed by atoms with van der Waals surface area (Å²) in [5.41, 5.74) is 5.12. The Morgan fingerprint density at radius 1 is 1.44 bits per heavy atom. The predicted octanol–water partition coefficient (Wildman–Crippen LogP) is -0.0279. The van der Waals surface area contributed by atoms with Gasteiger partial charge in [-0.3, -0.25) is 0 Å². The number of hydrogen-bond donors (Lipinski definition) is 1. The molecule has 9 heavy (non-hydrogen) atoms. The molecule has 0 unspecified atom stereocenters. The second kappa shape index (κ2) is 5.81. The third-order valence-electron chi connectivity index (χ3n) is 0.990. The highest BCUT2D eigenvalue weighted by Crippen LogP contribution is 1.93. The van der Waals surface area contributed by atoms with Crippen LogP contribution < -0.4 is 5.73 Å². The number of rotatable bonds is 4. The zero-order chi connectivity index (χ0) is 7.11. The maximum Gasteiger partial charge on any atom is 0.324 e. The highest BCUT2D eigenvalue weighted by Gasteiger charge is 2.04. The highest BCUT2D eigenvalue weighted by molar-refractivity contribution is 6.44. The van der Waals surface area contributed by atoms with Gasteiger partial charge in [-0.15, -0.1) is 0 Å². The van der Waals surface area contributed by atoms with Gasteiger partial charge in [0.1, 0.15) is 0 Å². The van der Waals surface area contributed by atoms with E-state index >= 15 is 0 Å². The third kappa shape index (κ3) is 4.20. The molecule has 0 aliphatic carbocycles. The summed E-state index contributed by atoms with van der Waals surface area (Å²) in [6.45, 7) is 0.